The van der Waals surface area contributed by atoms with Crippen molar-refractivity contribution in [2.45, 2.75) is 17.9 Å². The molecule has 2 aliphatic heterocycles. The second-order valence-electron chi connectivity index (χ2n) is 6.46. The van der Waals surface area contributed by atoms with Crippen molar-refractivity contribution < 1.29 is 22.0 Å². The predicted octanol–water partition coefficient (Wildman–Crippen LogP) is 3.07. The van der Waals surface area contributed by atoms with E-state index in [9.17, 15) is 22.0 Å². The smallest absolute Gasteiger partial charge is 0.257 e. The molecule has 0 saturated heterocycles. The first-order valence-electron chi connectivity index (χ1n) is 8.41. The molecule has 2 aromatic rings. The van der Waals surface area contributed by atoms with Crippen molar-refractivity contribution in [1.29, 1.82) is 0 Å². The van der Waals surface area contributed by atoms with Gasteiger partial charge in [0.2, 0.25) is 0 Å². The largest absolute Gasteiger partial charge is 0.345 e. The SMILES string of the molecule is C[C@H](NC(=O)c1ccc2c(c1)SC1=NS(=O)(=O)CCN12)c1ccc(F)cc1F. The van der Waals surface area contributed by atoms with Crippen LogP contribution in [0.3, 0.4) is 0 Å². The molecule has 0 spiro atoms. The molecule has 146 valence electrons. The van der Waals surface area contributed by atoms with Crippen molar-refractivity contribution in [3.8, 4) is 0 Å². The van der Waals surface area contributed by atoms with Crippen LogP contribution in [0, 0.1) is 11.6 Å². The summed E-state index contributed by atoms with van der Waals surface area (Å²) in [5.41, 5.74) is 1.33. The van der Waals surface area contributed by atoms with Gasteiger partial charge in [-0.25, -0.2) is 17.2 Å². The Morgan fingerprint density at radius 1 is 1.25 bits per heavy atom. The number of carbonyl (C=O) groups is 1. The van der Waals surface area contributed by atoms with Gasteiger partial charge in [-0.3, -0.25) is 4.79 Å². The van der Waals surface area contributed by atoms with E-state index in [0.29, 0.717) is 17.3 Å². The van der Waals surface area contributed by atoms with E-state index in [0.717, 1.165) is 22.7 Å². The molecule has 0 bridgehead atoms. The molecule has 1 N–H and O–H groups in total. The Labute approximate surface area is 164 Å². The van der Waals surface area contributed by atoms with E-state index < -0.39 is 33.6 Å². The van der Waals surface area contributed by atoms with Crippen LogP contribution in [0.4, 0.5) is 14.5 Å². The summed E-state index contributed by atoms with van der Waals surface area (Å²) >= 11 is 1.19. The molecule has 2 aromatic carbocycles. The van der Waals surface area contributed by atoms with Crippen LogP contribution in [0.5, 0.6) is 0 Å². The van der Waals surface area contributed by atoms with Crippen LogP contribution in [0.25, 0.3) is 0 Å². The van der Waals surface area contributed by atoms with Crippen LogP contribution in [0.2, 0.25) is 0 Å². The van der Waals surface area contributed by atoms with E-state index in [2.05, 4.69) is 9.71 Å². The summed E-state index contributed by atoms with van der Waals surface area (Å²) in [5, 5.41) is 3.06. The van der Waals surface area contributed by atoms with E-state index in [4.69, 9.17) is 0 Å². The second kappa shape index (κ2) is 6.85. The maximum absolute atomic E-state index is 13.9. The summed E-state index contributed by atoms with van der Waals surface area (Å²) in [4.78, 5) is 15.1. The molecule has 0 saturated carbocycles. The number of hydrogen-bond donors (Lipinski definition) is 1. The number of fused-ring (bicyclic) bond motifs is 3. The van der Waals surface area contributed by atoms with Crippen LogP contribution in [-0.2, 0) is 10.0 Å². The van der Waals surface area contributed by atoms with Crippen molar-refractivity contribution in [3.05, 3.63) is 59.2 Å². The fourth-order valence-corrected chi connectivity index (χ4v) is 5.38. The molecule has 28 heavy (non-hydrogen) atoms. The molecule has 1 atom stereocenters. The fraction of sp³-hybridized carbons (Fsp3) is 0.222. The lowest BCUT2D eigenvalue weighted by atomic mass is 10.1. The zero-order valence-corrected chi connectivity index (χ0v) is 16.3. The van der Waals surface area contributed by atoms with Crippen molar-refractivity contribution in [2.24, 2.45) is 4.40 Å². The van der Waals surface area contributed by atoms with Crippen molar-refractivity contribution in [2.75, 3.05) is 17.2 Å². The number of carbonyl (C=O) groups excluding carboxylic acids is 1. The van der Waals surface area contributed by atoms with E-state index in [-0.39, 0.29) is 11.3 Å². The number of rotatable bonds is 3. The van der Waals surface area contributed by atoms with Gasteiger partial charge in [-0.05, 0) is 43.0 Å². The second-order valence-corrected chi connectivity index (χ2v) is 9.22. The maximum atomic E-state index is 13.9. The number of anilines is 1. The summed E-state index contributed by atoms with van der Waals surface area (Å²) in [6, 6.07) is 7.55. The number of nitrogens with one attached hydrogen (secondary N) is 1. The Bertz CT molecular complexity index is 1120. The summed E-state index contributed by atoms with van der Waals surface area (Å²) in [7, 11) is -3.45. The van der Waals surface area contributed by atoms with E-state index >= 15 is 0 Å². The zero-order valence-electron chi connectivity index (χ0n) is 14.6. The zero-order chi connectivity index (χ0) is 20.1. The minimum atomic E-state index is -3.45. The first-order chi connectivity index (χ1) is 13.2. The Balaban J connectivity index is 1.55. The van der Waals surface area contributed by atoms with Gasteiger partial charge in [-0.2, -0.15) is 0 Å². The molecule has 10 heteroatoms. The minimum absolute atomic E-state index is 0.0561. The molecular weight excluding hydrogens is 408 g/mol. The number of amidine groups is 1. The van der Waals surface area contributed by atoms with Gasteiger partial charge < -0.3 is 10.2 Å². The highest BCUT2D eigenvalue weighted by Crippen LogP contribution is 2.42. The van der Waals surface area contributed by atoms with Crippen LogP contribution in [0.15, 0.2) is 45.7 Å². The Morgan fingerprint density at radius 2 is 2.04 bits per heavy atom. The summed E-state index contributed by atoms with van der Waals surface area (Å²) in [5.74, 6) is -1.89. The highest BCUT2D eigenvalue weighted by Gasteiger charge is 2.33. The topological polar surface area (TPSA) is 78.8 Å². The van der Waals surface area contributed by atoms with Gasteiger partial charge in [-0.15, -0.1) is 4.40 Å². The molecule has 1 amide bonds. The number of sulfonamides is 1. The summed E-state index contributed by atoms with van der Waals surface area (Å²) in [6.07, 6.45) is 0. The number of nitrogens with zero attached hydrogens (tertiary/aromatic N) is 2. The molecule has 0 aliphatic carbocycles. The Kier molecular flexibility index (Phi) is 4.62. The van der Waals surface area contributed by atoms with Gasteiger partial charge in [0.05, 0.1) is 17.5 Å². The standard InChI is InChI=1S/C18H15F2N3O3S2/c1-10(13-4-3-12(19)9-14(13)20)21-17(24)11-2-5-15-16(8-11)27-18-22-28(25,26)7-6-23(15)18/h2-5,8-10H,6-7H2,1H3,(H,21,24)/t10-/m0/s1. The van der Waals surface area contributed by atoms with Crippen molar-refractivity contribution in [3.63, 3.8) is 0 Å². The molecule has 4 rings (SSSR count). The molecular formula is C18H15F2N3O3S2. The van der Waals surface area contributed by atoms with Crippen molar-refractivity contribution in [1.82, 2.24) is 5.32 Å². The van der Waals surface area contributed by atoms with Gasteiger partial charge in [0, 0.05) is 28.6 Å². The monoisotopic (exact) mass is 423 g/mol. The maximum Gasteiger partial charge on any atom is 0.257 e. The quantitative estimate of drug-likeness (QED) is 0.821. The molecule has 0 radical (unpaired) electrons. The third kappa shape index (κ3) is 3.49. The van der Waals surface area contributed by atoms with Gasteiger partial charge in [-0.1, -0.05) is 6.07 Å². The summed E-state index contributed by atoms with van der Waals surface area (Å²) in [6.45, 7) is 1.92. The molecule has 0 fully saturated rings. The molecule has 0 unspecified atom stereocenters. The lowest BCUT2D eigenvalue weighted by Crippen LogP contribution is -2.35. The first kappa shape index (κ1) is 18.9. The number of halogens is 2. The minimum Gasteiger partial charge on any atom is -0.345 e. The lowest BCUT2D eigenvalue weighted by Gasteiger charge is -2.22. The molecule has 2 aliphatic rings. The normalized spacial score (nSPS) is 18.1. The van der Waals surface area contributed by atoms with Gasteiger partial charge in [0.1, 0.15) is 11.6 Å². The van der Waals surface area contributed by atoms with Gasteiger partial charge in [0.25, 0.3) is 15.9 Å². The summed E-state index contributed by atoms with van der Waals surface area (Å²) < 4.78 is 54.1. The Hall–Kier alpha value is -2.46. The molecule has 0 aromatic heterocycles. The third-order valence-electron chi connectivity index (χ3n) is 4.51. The third-order valence-corrected chi connectivity index (χ3v) is 6.82. The highest BCUT2D eigenvalue weighted by atomic mass is 32.2. The average molecular weight is 423 g/mol. The van der Waals surface area contributed by atoms with Crippen LogP contribution in [-0.4, -0.2) is 31.8 Å². The molecule has 2 heterocycles. The van der Waals surface area contributed by atoms with Crippen molar-refractivity contribution >= 4 is 38.5 Å². The number of hydrogen-bond acceptors (Lipinski definition) is 5. The van der Waals surface area contributed by atoms with Crippen LogP contribution in [0.1, 0.15) is 28.9 Å². The number of amides is 1. The fourth-order valence-electron chi connectivity index (χ4n) is 3.08. The number of benzene rings is 2. The van der Waals surface area contributed by atoms with Gasteiger partial charge >= 0.3 is 0 Å². The van der Waals surface area contributed by atoms with E-state index in [1.807, 2.05) is 0 Å². The van der Waals surface area contributed by atoms with E-state index in [1.54, 1.807) is 30.0 Å². The average Bonchev–Trinajstić information content (AvgIpc) is 2.96. The highest BCUT2D eigenvalue weighted by molar-refractivity contribution is 8.15. The van der Waals surface area contributed by atoms with Crippen LogP contribution >= 0.6 is 11.8 Å². The van der Waals surface area contributed by atoms with Gasteiger partial charge in [0.15, 0.2) is 5.17 Å². The molecule has 6 nitrogen and oxygen atoms in total. The van der Waals surface area contributed by atoms with Crippen LogP contribution < -0.4 is 10.2 Å². The van der Waals surface area contributed by atoms with E-state index in [1.165, 1.54) is 17.8 Å². The first-order valence-corrected chi connectivity index (χ1v) is 10.8. The lowest BCUT2D eigenvalue weighted by molar-refractivity contribution is 0.0939. The Morgan fingerprint density at radius 3 is 2.79 bits per heavy atom. The predicted molar refractivity (Wildman–Crippen MR) is 103 cm³/mol. The number of thioether (sulfide) groups is 1.